The highest BCUT2D eigenvalue weighted by Crippen LogP contribution is 2.13. The third kappa shape index (κ3) is 4.29. The second-order valence-corrected chi connectivity index (χ2v) is 3.96. The Labute approximate surface area is 111 Å². The van der Waals surface area contributed by atoms with Gasteiger partial charge in [0.05, 0.1) is 22.9 Å². The largest absolute Gasteiger partial charge is 0.333 e. The molecule has 1 N–H and O–H groups in total. The second-order valence-electron chi connectivity index (χ2n) is 3.42. The first-order valence-electron chi connectivity index (χ1n) is 5.00. The van der Waals surface area contributed by atoms with Crippen LogP contribution in [0.4, 0.5) is 0 Å². The number of imide groups is 1. The van der Waals surface area contributed by atoms with Crippen molar-refractivity contribution in [3.63, 3.8) is 0 Å². The smallest absolute Gasteiger partial charge is 0.330 e. The normalized spacial score (nSPS) is 15.0. The van der Waals surface area contributed by atoms with Gasteiger partial charge in [-0.3, -0.25) is 17.9 Å². The summed E-state index contributed by atoms with van der Waals surface area (Å²) in [5.41, 5.74) is 0. The Balaban J connectivity index is 2.27. The van der Waals surface area contributed by atoms with Crippen LogP contribution < -0.4 is 3.53 Å². The molecule has 0 atom stereocenters. The van der Waals surface area contributed by atoms with E-state index in [0.29, 0.717) is 11.5 Å². The first-order chi connectivity index (χ1) is 8.04. The minimum absolute atomic E-state index is 0.0128. The number of nitrogens with one attached hydrogen (secondary N) is 1. The topological polar surface area (TPSA) is 92.8 Å². The van der Waals surface area contributed by atoms with Gasteiger partial charge in [0.2, 0.25) is 5.91 Å². The van der Waals surface area contributed by atoms with Crippen molar-refractivity contribution >= 4 is 46.6 Å². The quantitative estimate of drug-likeness (QED) is 0.434. The van der Waals surface area contributed by atoms with Crippen molar-refractivity contribution in [2.75, 3.05) is 0 Å². The van der Waals surface area contributed by atoms with Crippen LogP contribution in [-0.4, -0.2) is 28.8 Å². The van der Waals surface area contributed by atoms with Gasteiger partial charge < -0.3 is 4.84 Å². The molecule has 1 rings (SSSR count). The average molecular weight is 354 g/mol. The molecule has 8 heteroatoms. The molecule has 0 bridgehead atoms. The highest BCUT2D eigenvalue weighted by atomic mass is 127. The third-order valence-electron chi connectivity index (χ3n) is 2.09. The van der Waals surface area contributed by atoms with Gasteiger partial charge in [-0.1, -0.05) is 0 Å². The van der Waals surface area contributed by atoms with Crippen LogP contribution in [-0.2, 0) is 24.0 Å². The molecule has 0 aromatic carbocycles. The van der Waals surface area contributed by atoms with Gasteiger partial charge in [-0.15, -0.1) is 5.06 Å². The lowest BCUT2D eigenvalue weighted by molar-refractivity contribution is -0.197. The van der Waals surface area contributed by atoms with Gasteiger partial charge in [-0.2, -0.15) is 0 Å². The maximum atomic E-state index is 11.3. The van der Waals surface area contributed by atoms with Crippen molar-refractivity contribution < 1.29 is 24.0 Å². The van der Waals surface area contributed by atoms with E-state index in [4.69, 9.17) is 0 Å². The monoisotopic (exact) mass is 354 g/mol. The van der Waals surface area contributed by atoms with E-state index in [1.54, 1.807) is 22.9 Å². The molecule has 0 spiro atoms. The minimum atomic E-state index is -0.685. The van der Waals surface area contributed by atoms with Crippen molar-refractivity contribution in [1.82, 2.24) is 8.59 Å². The fourth-order valence-corrected chi connectivity index (χ4v) is 1.52. The van der Waals surface area contributed by atoms with E-state index in [2.05, 4.69) is 8.37 Å². The van der Waals surface area contributed by atoms with Crippen LogP contribution in [0.2, 0.25) is 0 Å². The molecular formula is C9H11IN2O5. The number of hydrogen-bond donors (Lipinski definition) is 1. The number of carbonyl (C=O) groups is 4. The van der Waals surface area contributed by atoms with Crippen LogP contribution in [0.25, 0.3) is 0 Å². The van der Waals surface area contributed by atoms with Gasteiger partial charge in [0.1, 0.15) is 0 Å². The van der Waals surface area contributed by atoms with Crippen molar-refractivity contribution in [2.24, 2.45) is 0 Å². The van der Waals surface area contributed by atoms with E-state index in [1.807, 2.05) is 0 Å². The zero-order chi connectivity index (χ0) is 12.8. The third-order valence-corrected chi connectivity index (χ3v) is 2.69. The molecule has 0 aliphatic carbocycles. The Hall–Kier alpha value is -1.19. The summed E-state index contributed by atoms with van der Waals surface area (Å²) in [6.07, 6.45) is 0.637. The van der Waals surface area contributed by atoms with Gasteiger partial charge >= 0.3 is 5.97 Å². The molecule has 0 unspecified atom stereocenters. The van der Waals surface area contributed by atoms with Crippen LogP contribution in [0.15, 0.2) is 0 Å². The van der Waals surface area contributed by atoms with Crippen molar-refractivity contribution in [1.29, 1.82) is 0 Å². The summed E-state index contributed by atoms with van der Waals surface area (Å²) >= 11 is 1.70. The number of hydrogen-bond acceptors (Lipinski definition) is 5. The molecule has 1 fully saturated rings. The number of carbonyl (C=O) groups excluding carboxylic acids is 4. The summed E-state index contributed by atoms with van der Waals surface area (Å²) in [6, 6.07) is 0. The number of amides is 3. The lowest BCUT2D eigenvalue weighted by Gasteiger charge is -2.12. The molecule has 0 saturated carbocycles. The van der Waals surface area contributed by atoms with Crippen LogP contribution in [0.1, 0.15) is 32.1 Å². The summed E-state index contributed by atoms with van der Waals surface area (Å²) in [6.45, 7) is 0. The molecule has 1 aliphatic rings. The first kappa shape index (κ1) is 13.9. The summed E-state index contributed by atoms with van der Waals surface area (Å²) in [5.74, 6) is -1.89. The second kappa shape index (κ2) is 6.52. The Morgan fingerprint density at radius 3 is 2.35 bits per heavy atom. The van der Waals surface area contributed by atoms with Crippen LogP contribution in [0, 0.1) is 0 Å². The lowest BCUT2D eigenvalue weighted by atomic mass is 10.2. The molecule has 0 aromatic heterocycles. The first-order valence-corrected chi connectivity index (χ1v) is 6.08. The van der Waals surface area contributed by atoms with E-state index < -0.39 is 17.8 Å². The lowest BCUT2D eigenvalue weighted by Crippen LogP contribution is -2.32. The molecule has 0 aromatic rings. The van der Waals surface area contributed by atoms with E-state index in [0.717, 1.165) is 0 Å². The number of rotatable bonds is 5. The minimum Gasteiger partial charge on any atom is -0.330 e. The van der Waals surface area contributed by atoms with Crippen LogP contribution in [0.5, 0.6) is 0 Å². The van der Waals surface area contributed by atoms with Crippen LogP contribution in [0.3, 0.4) is 0 Å². The van der Waals surface area contributed by atoms with Gasteiger partial charge in [-0.05, 0) is 6.42 Å². The molecule has 0 radical (unpaired) electrons. The van der Waals surface area contributed by atoms with E-state index in [9.17, 15) is 19.2 Å². The summed E-state index contributed by atoms with van der Waals surface area (Å²) in [7, 11) is 0. The Morgan fingerprint density at radius 2 is 1.82 bits per heavy atom. The predicted octanol–water partition coefficient (Wildman–Crippen LogP) is 0.230. The van der Waals surface area contributed by atoms with E-state index >= 15 is 0 Å². The van der Waals surface area contributed by atoms with Crippen molar-refractivity contribution in [3.05, 3.63) is 0 Å². The molecule has 7 nitrogen and oxygen atoms in total. The maximum Gasteiger partial charge on any atom is 0.333 e. The number of hydroxylamine groups is 2. The average Bonchev–Trinajstić information content (AvgIpc) is 2.60. The van der Waals surface area contributed by atoms with Gasteiger partial charge in [-0.25, -0.2) is 4.79 Å². The Bertz CT molecular complexity index is 341. The maximum absolute atomic E-state index is 11.3. The van der Waals surface area contributed by atoms with Crippen molar-refractivity contribution in [2.45, 2.75) is 32.1 Å². The SMILES string of the molecule is O=C(CCCC(=O)ON1C(=O)CCC1=O)NI. The van der Waals surface area contributed by atoms with Gasteiger partial charge in [0, 0.05) is 25.7 Å². The number of nitrogens with zero attached hydrogens (tertiary/aromatic N) is 1. The molecule has 3 amide bonds. The van der Waals surface area contributed by atoms with Crippen LogP contribution >= 0.6 is 22.9 Å². The molecule has 1 saturated heterocycles. The highest BCUT2D eigenvalue weighted by Gasteiger charge is 2.32. The standard InChI is InChI=1S/C9H11IN2O5/c10-11-6(13)2-1-3-9(16)17-12-7(14)4-5-8(12)15/h1-5H2,(H,11,13). The zero-order valence-corrected chi connectivity index (χ0v) is 11.1. The summed E-state index contributed by atoms with van der Waals surface area (Å²) in [4.78, 5) is 48.9. The summed E-state index contributed by atoms with van der Waals surface area (Å²) in [5, 5.41) is 0.501. The van der Waals surface area contributed by atoms with E-state index in [1.165, 1.54) is 0 Å². The fraction of sp³-hybridized carbons (Fsp3) is 0.556. The van der Waals surface area contributed by atoms with Crippen molar-refractivity contribution in [3.8, 4) is 0 Å². The fourth-order valence-electron chi connectivity index (χ4n) is 1.25. The predicted molar refractivity (Wildman–Crippen MR) is 63.2 cm³/mol. The van der Waals surface area contributed by atoms with E-state index in [-0.39, 0.29) is 31.6 Å². The summed E-state index contributed by atoms with van der Waals surface area (Å²) < 4.78 is 2.39. The van der Waals surface area contributed by atoms with Gasteiger partial charge in [0.25, 0.3) is 11.8 Å². The molecule has 1 heterocycles. The zero-order valence-electron chi connectivity index (χ0n) is 8.90. The number of halogens is 1. The Morgan fingerprint density at radius 1 is 1.24 bits per heavy atom. The highest BCUT2D eigenvalue weighted by molar-refractivity contribution is 14.1. The van der Waals surface area contributed by atoms with Gasteiger partial charge in [0.15, 0.2) is 0 Å². The molecule has 94 valence electrons. The molecular weight excluding hydrogens is 343 g/mol. The molecule has 1 aliphatic heterocycles. The molecule has 17 heavy (non-hydrogen) atoms. The Kier molecular flexibility index (Phi) is 5.32.